The molecular weight excluding hydrogens is 362 g/mol. The summed E-state index contributed by atoms with van der Waals surface area (Å²) in [6.07, 6.45) is 1.17. The normalized spacial score (nSPS) is 24.3. The highest BCUT2D eigenvalue weighted by Gasteiger charge is 2.38. The first-order chi connectivity index (χ1) is 11.9. The number of hydrogen-bond acceptors (Lipinski definition) is 7. The molecule has 0 amide bonds. The Labute approximate surface area is 157 Å². The van der Waals surface area contributed by atoms with Crippen LogP contribution in [-0.2, 0) is 27.5 Å². The molecule has 1 aliphatic rings. The third kappa shape index (κ3) is 7.16. The predicted molar refractivity (Wildman–Crippen MR) is 100 cm³/mol. The molecule has 1 rings (SSSR count). The molecule has 1 aliphatic heterocycles. The molecule has 0 bridgehead atoms. The molecule has 0 aromatic heterocycles. The molecule has 0 spiro atoms. The SMILES string of the molecule is CC[N+]1(C)CCOCC1OC(=O)CCSCCC[Si](OC)(OC)OC. The van der Waals surface area contributed by atoms with Gasteiger partial charge in [0.05, 0.1) is 26.6 Å². The van der Waals surface area contributed by atoms with Crippen molar-refractivity contribution in [3.63, 3.8) is 0 Å². The van der Waals surface area contributed by atoms with Gasteiger partial charge in [-0.2, -0.15) is 11.8 Å². The molecule has 2 atom stereocenters. The van der Waals surface area contributed by atoms with Gasteiger partial charge in [0.1, 0.15) is 13.2 Å². The van der Waals surface area contributed by atoms with Gasteiger partial charge in [-0.15, -0.1) is 0 Å². The van der Waals surface area contributed by atoms with Crippen LogP contribution in [0.1, 0.15) is 19.8 Å². The van der Waals surface area contributed by atoms with Crippen LogP contribution < -0.4 is 0 Å². The standard InChI is InChI=1S/C16H34NO6SSi/c1-6-17(2)9-10-22-14-15(17)23-16(18)8-12-24-11-7-13-25(19-3,20-4)21-5/h15H,6-14H2,1-5H3/q+1. The van der Waals surface area contributed by atoms with Crippen LogP contribution in [0.4, 0.5) is 0 Å². The molecule has 0 aliphatic carbocycles. The van der Waals surface area contributed by atoms with Gasteiger partial charge in [-0.05, 0) is 19.1 Å². The summed E-state index contributed by atoms with van der Waals surface area (Å²) < 4.78 is 28.0. The number of hydrogen-bond donors (Lipinski definition) is 0. The number of likely N-dealkylation sites (N-methyl/N-ethyl adjacent to an activating group) is 1. The van der Waals surface area contributed by atoms with E-state index in [-0.39, 0.29) is 12.2 Å². The van der Waals surface area contributed by atoms with Crippen molar-refractivity contribution in [3.05, 3.63) is 0 Å². The highest BCUT2D eigenvalue weighted by atomic mass is 32.2. The van der Waals surface area contributed by atoms with Gasteiger partial charge in [0.25, 0.3) is 6.23 Å². The van der Waals surface area contributed by atoms with Crippen LogP contribution in [0.5, 0.6) is 0 Å². The Morgan fingerprint density at radius 2 is 1.92 bits per heavy atom. The van der Waals surface area contributed by atoms with Crippen LogP contribution in [0, 0.1) is 0 Å². The summed E-state index contributed by atoms with van der Waals surface area (Å²) in [7, 11) is 4.52. The number of rotatable bonds is 12. The summed E-state index contributed by atoms with van der Waals surface area (Å²) >= 11 is 1.74. The Morgan fingerprint density at radius 3 is 2.52 bits per heavy atom. The first kappa shape index (κ1) is 22.9. The van der Waals surface area contributed by atoms with E-state index < -0.39 is 8.80 Å². The van der Waals surface area contributed by atoms with Crippen molar-refractivity contribution in [1.29, 1.82) is 0 Å². The second kappa shape index (κ2) is 11.5. The molecule has 0 radical (unpaired) electrons. The van der Waals surface area contributed by atoms with Gasteiger partial charge in [-0.25, -0.2) is 0 Å². The summed E-state index contributed by atoms with van der Waals surface area (Å²) in [6, 6.07) is 0.777. The lowest BCUT2D eigenvalue weighted by atomic mass is 10.3. The van der Waals surface area contributed by atoms with Crippen molar-refractivity contribution in [3.8, 4) is 0 Å². The van der Waals surface area contributed by atoms with Crippen LogP contribution in [0.2, 0.25) is 6.04 Å². The number of nitrogens with zero attached hydrogens (tertiary/aromatic N) is 1. The summed E-state index contributed by atoms with van der Waals surface area (Å²) in [5.74, 6) is 1.55. The Hall–Kier alpha value is -0.163. The molecule has 1 saturated heterocycles. The quantitative estimate of drug-likeness (QED) is 0.215. The average Bonchev–Trinajstić information content (AvgIpc) is 2.64. The van der Waals surface area contributed by atoms with E-state index in [4.69, 9.17) is 22.8 Å². The molecule has 148 valence electrons. The van der Waals surface area contributed by atoms with Crippen molar-refractivity contribution < 1.29 is 32.0 Å². The van der Waals surface area contributed by atoms with E-state index in [9.17, 15) is 4.79 Å². The van der Waals surface area contributed by atoms with Crippen molar-refractivity contribution in [2.24, 2.45) is 0 Å². The average molecular weight is 397 g/mol. The Kier molecular flexibility index (Phi) is 10.6. The molecular formula is C16H34NO6SSi+. The molecule has 0 saturated carbocycles. The van der Waals surface area contributed by atoms with E-state index in [0.717, 1.165) is 48.2 Å². The highest BCUT2D eigenvalue weighted by molar-refractivity contribution is 7.99. The smallest absolute Gasteiger partial charge is 0.410 e. The van der Waals surface area contributed by atoms with Crippen molar-refractivity contribution >= 4 is 26.5 Å². The number of morpholine rings is 1. The van der Waals surface area contributed by atoms with Gasteiger partial charge in [0, 0.05) is 33.1 Å². The number of ether oxygens (including phenoxy) is 2. The molecule has 7 nitrogen and oxygen atoms in total. The lowest BCUT2D eigenvalue weighted by Gasteiger charge is -2.42. The zero-order valence-corrected chi connectivity index (χ0v) is 18.1. The number of esters is 1. The Balaban J connectivity index is 2.20. The fourth-order valence-corrected chi connectivity index (χ4v) is 5.56. The van der Waals surface area contributed by atoms with Crippen LogP contribution >= 0.6 is 11.8 Å². The van der Waals surface area contributed by atoms with E-state index in [1.54, 1.807) is 33.1 Å². The second-order valence-electron chi connectivity index (χ2n) is 6.30. The molecule has 1 heterocycles. The number of quaternary nitrogens is 1. The lowest BCUT2D eigenvalue weighted by molar-refractivity contribution is -0.958. The largest absolute Gasteiger partial charge is 0.500 e. The van der Waals surface area contributed by atoms with Gasteiger partial charge in [-0.1, -0.05) is 0 Å². The van der Waals surface area contributed by atoms with Crippen LogP contribution in [0.25, 0.3) is 0 Å². The minimum Gasteiger partial charge on any atom is -0.410 e. The van der Waals surface area contributed by atoms with Crippen molar-refractivity contribution in [1.82, 2.24) is 0 Å². The minimum atomic E-state index is -2.47. The van der Waals surface area contributed by atoms with E-state index in [2.05, 4.69) is 14.0 Å². The summed E-state index contributed by atoms with van der Waals surface area (Å²) in [6.45, 7) is 5.14. The number of carbonyl (C=O) groups excluding carboxylic acids is 1. The van der Waals surface area contributed by atoms with E-state index >= 15 is 0 Å². The van der Waals surface area contributed by atoms with Crippen molar-refractivity contribution in [2.45, 2.75) is 32.0 Å². The minimum absolute atomic E-state index is 0.143. The molecule has 0 N–H and O–H groups in total. The molecule has 9 heteroatoms. The first-order valence-corrected chi connectivity index (χ1v) is 11.9. The fourth-order valence-electron chi connectivity index (χ4n) is 2.72. The molecule has 25 heavy (non-hydrogen) atoms. The van der Waals surface area contributed by atoms with Crippen LogP contribution in [0.3, 0.4) is 0 Å². The van der Waals surface area contributed by atoms with Crippen LogP contribution in [0.15, 0.2) is 0 Å². The zero-order valence-electron chi connectivity index (χ0n) is 16.2. The topological polar surface area (TPSA) is 63.2 Å². The monoisotopic (exact) mass is 396 g/mol. The maximum Gasteiger partial charge on any atom is 0.500 e. The number of carbonyl (C=O) groups is 1. The van der Waals surface area contributed by atoms with Gasteiger partial charge >= 0.3 is 14.8 Å². The van der Waals surface area contributed by atoms with Crippen molar-refractivity contribution in [2.75, 3.05) is 66.2 Å². The van der Waals surface area contributed by atoms with E-state index in [1.165, 1.54) is 0 Å². The van der Waals surface area contributed by atoms with E-state index in [0.29, 0.717) is 13.0 Å². The first-order valence-electron chi connectivity index (χ1n) is 8.80. The van der Waals surface area contributed by atoms with Crippen LogP contribution in [-0.4, -0.2) is 91.7 Å². The third-order valence-electron chi connectivity index (χ3n) is 4.85. The third-order valence-corrected chi connectivity index (χ3v) is 8.75. The summed E-state index contributed by atoms with van der Waals surface area (Å²) in [5.41, 5.74) is 0. The van der Waals surface area contributed by atoms with Gasteiger partial charge in [0.15, 0.2) is 0 Å². The summed E-state index contributed by atoms with van der Waals surface area (Å²) in [5, 5.41) is 0. The molecule has 1 fully saturated rings. The Bertz CT molecular complexity index is 391. The maximum atomic E-state index is 12.1. The van der Waals surface area contributed by atoms with E-state index in [1.807, 2.05) is 0 Å². The predicted octanol–water partition coefficient (Wildman–Crippen LogP) is 1.74. The summed E-state index contributed by atoms with van der Waals surface area (Å²) in [4.78, 5) is 12.1. The number of thioether (sulfide) groups is 1. The fraction of sp³-hybridized carbons (Fsp3) is 0.938. The Morgan fingerprint density at radius 1 is 1.24 bits per heavy atom. The van der Waals surface area contributed by atoms with Gasteiger partial charge in [0.2, 0.25) is 0 Å². The molecule has 2 unspecified atom stereocenters. The second-order valence-corrected chi connectivity index (χ2v) is 10.6. The van der Waals surface area contributed by atoms with Gasteiger partial charge in [-0.3, -0.25) is 9.28 Å². The maximum absolute atomic E-state index is 12.1. The molecule has 0 aromatic rings. The lowest BCUT2D eigenvalue weighted by Crippen LogP contribution is -2.60. The highest BCUT2D eigenvalue weighted by Crippen LogP contribution is 2.19. The van der Waals surface area contributed by atoms with Gasteiger partial charge < -0.3 is 22.8 Å². The zero-order chi connectivity index (χ0) is 18.8. The molecule has 0 aromatic carbocycles.